The van der Waals surface area contributed by atoms with E-state index in [2.05, 4.69) is 62.0 Å². The Morgan fingerprint density at radius 1 is 1.15 bits per heavy atom. The molecule has 20 heavy (non-hydrogen) atoms. The second-order valence-electron chi connectivity index (χ2n) is 5.59. The van der Waals surface area contributed by atoms with Crippen molar-refractivity contribution in [1.29, 1.82) is 0 Å². The van der Waals surface area contributed by atoms with Crippen LogP contribution in [0.3, 0.4) is 0 Å². The quantitative estimate of drug-likeness (QED) is 0.792. The highest BCUT2D eigenvalue weighted by Crippen LogP contribution is 2.27. The first-order valence-electron chi connectivity index (χ1n) is 7.44. The van der Waals surface area contributed by atoms with E-state index in [9.17, 15) is 0 Å². The zero-order valence-corrected chi connectivity index (χ0v) is 13.8. The highest BCUT2D eigenvalue weighted by atomic mass is 32.1. The van der Waals surface area contributed by atoms with Crippen LogP contribution in [-0.2, 0) is 6.42 Å². The molecule has 0 fully saturated rings. The van der Waals surface area contributed by atoms with Crippen molar-refractivity contribution in [2.24, 2.45) is 0 Å². The lowest BCUT2D eigenvalue weighted by atomic mass is 9.91. The molecule has 0 saturated heterocycles. The Kier molecular flexibility index (Phi) is 5.38. The topological polar surface area (TPSA) is 12.0 Å². The van der Waals surface area contributed by atoms with Crippen LogP contribution in [0.5, 0.6) is 0 Å². The smallest absolute Gasteiger partial charge is 0.0328 e. The summed E-state index contributed by atoms with van der Waals surface area (Å²) in [5, 5.41) is 8.09. The fraction of sp³-hybridized carbons (Fsp3) is 0.444. The molecule has 0 aliphatic rings. The Hall–Kier alpha value is -1.12. The average Bonchev–Trinajstić information content (AvgIpc) is 2.87. The average molecular weight is 287 g/mol. The van der Waals surface area contributed by atoms with Crippen LogP contribution >= 0.6 is 11.3 Å². The van der Waals surface area contributed by atoms with E-state index in [0.29, 0.717) is 6.04 Å². The van der Waals surface area contributed by atoms with Gasteiger partial charge >= 0.3 is 0 Å². The zero-order valence-electron chi connectivity index (χ0n) is 13.0. The Balaban J connectivity index is 2.19. The summed E-state index contributed by atoms with van der Waals surface area (Å²) >= 11 is 1.79. The Morgan fingerprint density at radius 3 is 2.40 bits per heavy atom. The first-order valence-corrected chi connectivity index (χ1v) is 8.38. The monoisotopic (exact) mass is 287 g/mol. The molecule has 1 nitrogen and oxygen atoms in total. The molecule has 1 heterocycles. The number of thiophene rings is 1. The molecule has 0 saturated carbocycles. The summed E-state index contributed by atoms with van der Waals surface area (Å²) in [5.41, 5.74) is 7.14. The van der Waals surface area contributed by atoms with Crippen LogP contribution in [0, 0.1) is 20.8 Å². The number of nitrogens with one attached hydrogen (secondary N) is 1. The number of aryl methyl sites for hydroxylation is 4. The maximum absolute atomic E-state index is 3.67. The first-order chi connectivity index (χ1) is 9.61. The van der Waals surface area contributed by atoms with E-state index in [1.165, 1.54) is 27.8 Å². The van der Waals surface area contributed by atoms with Gasteiger partial charge in [-0.3, -0.25) is 0 Å². The van der Waals surface area contributed by atoms with Crippen LogP contribution < -0.4 is 5.32 Å². The molecule has 1 unspecified atom stereocenters. The number of rotatable bonds is 6. The minimum atomic E-state index is 0.459. The van der Waals surface area contributed by atoms with Gasteiger partial charge in [-0.25, -0.2) is 0 Å². The minimum absolute atomic E-state index is 0.459. The van der Waals surface area contributed by atoms with Gasteiger partial charge in [-0.2, -0.15) is 11.3 Å². The maximum atomic E-state index is 3.67. The fourth-order valence-corrected chi connectivity index (χ4v) is 3.78. The molecule has 2 rings (SSSR count). The maximum Gasteiger partial charge on any atom is 0.0328 e. The molecular formula is C18H25NS. The Labute approximate surface area is 127 Å². The summed E-state index contributed by atoms with van der Waals surface area (Å²) in [6, 6.07) is 7.30. The second-order valence-corrected chi connectivity index (χ2v) is 6.37. The molecule has 1 atom stereocenters. The first kappa shape index (κ1) is 15.3. The third-order valence-electron chi connectivity index (χ3n) is 3.84. The van der Waals surface area contributed by atoms with Crippen LogP contribution in [0.4, 0.5) is 0 Å². The molecule has 1 aromatic carbocycles. The summed E-state index contributed by atoms with van der Waals surface area (Å²) in [6.45, 7) is 9.86. The van der Waals surface area contributed by atoms with E-state index < -0.39 is 0 Å². The van der Waals surface area contributed by atoms with Crippen molar-refractivity contribution >= 4 is 11.3 Å². The van der Waals surface area contributed by atoms with Crippen LogP contribution in [0.1, 0.15) is 47.2 Å². The van der Waals surface area contributed by atoms with Gasteiger partial charge in [-0.05, 0) is 79.2 Å². The van der Waals surface area contributed by atoms with E-state index >= 15 is 0 Å². The van der Waals surface area contributed by atoms with Gasteiger partial charge in [0.2, 0.25) is 0 Å². The summed E-state index contributed by atoms with van der Waals surface area (Å²) in [4.78, 5) is 0. The van der Waals surface area contributed by atoms with Crippen molar-refractivity contribution in [3.63, 3.8) is 0 Å². The van der Waals surface area contributed by atoms with Crippen molar-refractivity contribution in [1.82, 2.24) is 5.32 Å². The van der Waals surface area contributed by atoms with Crippen LogP contribution in [0.25, 0.3) is 0 Å². The molecule has 108 valence electrons. The molecule has 0 amide bonds. The van der Waals surface area contributed by atoms with Gasteiger partial charge in [0.1, 0.15) is 0 Å². The zero-order chi connectivity index (χ0) is 14.5. The van der Waals surface area contributed by atoms with E-state index in [1.807, 2.05) is 0 Å². The van der Waals surface area contributed by atoms with Gasteiger partial charge in [0.05, 0.1) is 0 Å². The van der Waals surface area contributed by atoms with Crippen molar-refractivity contribution < 1.29 is 0 Å². The van der Waals surface area contributed by atoms with Crippen LogP contribution in [0.15, 0.2) is 29.0 Å². The van der Waals surface area contributed by atoms with E-state index in [1.54, 1.807) is 11.3 Å². The summed E-state index contributed by atoms with van der Waals surface area (Å²) in [7, 11) is 0. The molecule has 0 spiro atoms. The number of hydrogen-bond acceptors (Lipinski definition) is 2. The standard InChI is InChI=1S/C18H25NS/c1-5-19-17(7-6-16-8-9-20-12-16)18-14(3)10-13(2)11-15(18)4/h8-12,17,19H,5-7H2,1-4H3. The SMILES string of the molecule is CCNC(CCc1ccsc1)c1c(C)cc(C)cc1C. The van der Waals surface area contributed by atoms with Crippen LogP contribution in [-0.4, -0.2) is 6.54 Å². The number of benzene rings is 1. The highest BCUT2D eigenvalue weighted by molar-refractivity contribution is 7.07. The van der Waals surface area contributed by atoms with Crippen LogP contribution in [0.2, 0.25) is 0 Å². The predicted octanol–water partition coefficient (Wildman–Crippen LogP) is 4.96. The molecule has 1 N–H and O–H groups in total. The molecule has 1 aromatic heterocycles. The third kappa shape index (κ3) is 3.71. The minimum Gasteiger partial charge on any atom is -0.310 e. The van der Waals surface area contributed by atoms with Gasteiger partial charge in [-0.15, -0.1) is 0 Å². The summed E-state index contributed by atoms with van der Waals surface area (Å²) in [5.74, 6) is 0. The van der Waals surface area contributed by atoms with E-state index in [4.69, 9.17) is 0 Å². The number of hydrogen-bond donors (Lipinski definition) is 1. The lowest BCUT2D eigenvalue weighted by molar-refractivity contribution is 0.511. The molecule has 0 aliphatic heterocycles. The Bertz CT molecular complexity index is 520. The van der Waals surface area contributed by atoms with Gasteiger partial charge in [0.25, 0.3) is 0 Å². The lowest BCUT2D eigenvalue weighted by Crippen LogP contribution is -2.23. The van der Waals surface area contributed by atoms with E-state index in [-0.39, 0.29) is 0 Å². The van der Waals surface area contributed by atoms with Crippen molar-refractivity contribution in [2.45, 2.75) is 46.6 Å². The molecule has 0 radical (unpaired) electrons. The molecule has 0 aliphatic carbocycles. The van der Waals surface area contributed by atoms with Crippen molar-refractivity contribution in [2.75, 3.05) is 6.54 Å². The summed E-state index contributed by atoms with van der Waals surface area (Å²) < 4.78 is 0. The molecule has 2 aromatic rings. The lowest BCUT2D eigenvalue weighted by Gasteiger charge is -2.23. The largest absolute Gasteiger partial charge is 0.310 e. The van der Waals surface area contributed by atoms with Gasteiger partial charge in [0, 0.05) is 6.04 Å². The van der Waals surface area contributed by atoms with Crippen molar-refractivity contribution in [3.8, 4) is 0 Å². The third-order valence-corrected chi connectivity index (χ3v) is 4.57. The normalized spacial score (nSPS) is 12.6. The molecule has 2 heteroatoms. The predicted molar refractivity (Wildman–Crippen MR) is 89.7 cm³/mol. The second kappa shape index (κ2) is 7.05. The molecular weight excluding hydrogens is 262 g/mol. The van der Waals surface area contributed by atoms with Gasteiger partial charge in [0.15, 0.2) is 0 Å². The fourth-order valence-electron chi connectivity index (χ4n) is 3.08. The van der Waals surface area contributed by atoms with Crippen molar-refractivity contribution in [3.05, 3.63) is 56.8 Å². The summed E-state index contributed by atoms with van der Waals surface area (Å²) in [6.07, 6.45) is 2.31. The highest BCUT2D eigenvalue weighted by Gasteiger charge is 2.15. The Morgan fingerprint density at radius 2 is 1.85 bits per heavy atom. The van der Waals surface area contributed by atoms with Gasteiger partial charge < -0.3 is 5.32 Å². The van der Waals surface area contributed by atoms with Gasteiger partial charge in [-0.1, -0.05) is 24.6 Å². The van der Waals surface area contributed by atoms with E-state index in [0.717, 1.165) is 19.4 Å². The molecule has 0 bridgehead atoms.